The average Bonchev–Trinajstić information content (AvgIpc) is 2.37. The van der Waals surface area contributed by atoms with Crippen LogP contribution in [0.25, 0.3) is 0 Å². The molecule has 0 saturated carbocycles. The summed E-state index contributed by atoms with van der Waals surface area (Å²) in [5, 5.41) is 3.51. The maximum absolute atomic E-state index is 4.68. The van der Waals surface area contributed by atoms with Gasteiger partial charge >= 0.3 is 0 Å². The maximum Gasteiger partial charge on any atom is 0.131 e. The van der Waals surface area contributed by atoms with E-state index in [2.05, 4.69) is 69.9 Å². The molecule has 0 aliphatic rings. The SMILES string of the molecule is CCC(CC)N(C)c1ncc(CNC(C)(C)C)cc1C. The van der Waals surface area contributed by atoms with E-state index in [1.54, 1.807) is 0 Å². The number of nitrogens with zero attached hydrogens (tertiary/aromatic N) is 2. The van der Waals surface area contributed by atoms with Gasteiger partial charge in [-0.2, -0.15) is 0 Å². The summed E-state index contributed by atoms with van der Waals surface area (Å²) < 4.78 is 0. The highest BCUT2D eigenvalue weighted by Gasteiger charge is 2.15. The Balaban J connectivity index is 2.82. The predicted octanol–water partition coefficient (Wildman–Crippen LogP) is 3.90. The Morgan fingerprint density at radius 1 is 1.25 bits per heavy atom. The van der Waals surface area contributed by atoms with E-state index in [1.165, 1.54) is 11.1 Å². The molecular weight excluding hydrogens is 246 g/mol. The van der Waals surface area contributed by atoms with Crippen LogP contribution in [0.3, 0.4) is 0 Å². The van der Waals surface area contributed by atoms with Crippen LogP contribution in [0.2, 0.25) is 0 Å². The van der Waals surface area contributed by atoms with E-state index in [-0.39, 0.29) is 5.54 Å². The van der Waals surface area contributed by atoms with Crippen molar-refractivity contribution in [2.24, 2.45) is 0 Å². The minimum Gasteiger partial charge on any atom is -0.357 e. The molecule has 3 heteroatoms. The van der Waals surface area contributed by atoms with Crippen LogP contribution in [-0.2, 0) is 6.54 Å². The smallest absolute Gasteiger partial charge is 0.131 e. The van der Waals surface area contributed by atoms with Gasteiger partial charge in [0.25, 0.3) is 0 Å². The van der Waals surface area contributed by atoms with Crippen molar-refractivity contribution in [2.75, 3.05) is 11.9 Å². The van der Waals surface area contributed by atoms with E-state index < -0.39 is 0 Å². The van der Waals surface area contributed by atoms with Gasteiger partial charge in [-0.25, -0.2) is 4.98 Å². The Hall–Kier alpha value is -1.09. The third-order valence-electron chi connectivity index (χ3n) is 3.75. The van der Waals surface area contributed by atoms with Gasteiger partial charge < -0.3 is 10.2 Å². The molecule has 0 fully saturated rings. The minimum absolute atomic E-state index is 0.138. The fourth-order valence-electron chi connectivity index (χ4n) is 2.47. The highest BCUT2D eigenvalue weighted by atomic mass is 15.2. The molecule has 0 saturated heterocycles. The van der Waals surface area contributed by atoms with Gasteiger partial charge in [0.05, 0.1) is 0 Å². The van der Waals surface area contributed by atoms with E-state index >= 15 is 0 Å². The van der Waals surface area contributed by atoms with E-state index in [9.17, 15) is 0 Å². The zero-order valence-corrected chi connectivity index (χ0v) is 14.2. The molecular formula is C17H31N3. The van der Waals surface area contributed by atoms with Crippen LogP contribution in [0.4, 0.5) is 5.82 Å². The molecule has 0 aromatic carbocycles. The second kappa shape index (κ2) is 7.07. The van der Waals surface area contributed by atoms with Crippen molar-refractivity contribution in [3.05, 3.63) is 23.4 Å². The number of aromatic nitrogens is 1. The number of aryl methyl sites for hydroxylation is 1. The van der Waals surface area contributed by atoms with Gasteiger partial charge in [0.2, 0.25) is 0 Å². The van der Waals surface area contributed by atoms with E-state index in [4.69, 9.17) is 0 Å². The van der Waals surface area contributed by atoms with E-state index in [1.807, 2.05) is 6.20 Å². The fraction of sp³-hybridized carbons (Fsp3) is 0.706. The van der Waals surface area contributed by atoms with Gasteiger partial charge in [0, 0.05) is 31.4 Å². The number of pyridine rings is 1. The molecule has 1 rings (SSSR count). The highest BCUT2D eigenvalue weighted by Crippen LogP contribution is 2.21. The lowest BCUT2D eigenvalue weighted by molar-refractivity contribution is 0.424. The zero-order chi connectivity index (χ0) is 15.3. The molecule has 1 N–H and O–H groups in total. The first kappa shape index (κ1) is 17.0. The second-order valence-electron chi connectivity index (χ2n) is 6.67. The second-order valence-corrected chi connectivity index (χ2v) is 6.67. The first-order valence-corrected chi connectivity index (χ1v) is 7.71. The summed E-state index contributed by atoms with van der Waals surface area (Å²) in [4.78, 5) is 7.00. The van der Waals surface area contributed by atoms with Gasteiger partial charge in [-0.15, -0.1) is 0 Å². The Morgan fingerprint density at radius 3 is 2.30 bits per heavy atom. The molecule has 0 atom stereocenters. The third kappa shape index (κ3) is 4.78. The van der Waals surface area contributed by atoms with Crippen molar-refractivity contribution in [3.63, 3.8) is 0 Å². The monoisotopic (exact) mass is 277 g/mol. The van der Waals surface area contributed by atoms with Crippen LogP contribution in [0, 0.1) is 6.92 Å². The Morgan fingerprint density at radius 2 is 1.85 bits per heavy atom. The summed E-state index contributed by atoms with van der Waals surface area (Å²) in [5.41, 5.74) is 2.64. The summed E-state index contributed by atoms with van der Waals surface area (Å²) in [5.74, 6) is 1.11. The largest absolute Gasteiger partial charge is 0.357 e. The molecule has 0 spiro atoms. The number of hydrogen-bond acceptors (Lipinski definition) is 3. The van der Waals surface area contributed by atoms with Crippen LogP contribution in [0.15, 0.2) is 12.3 Å². The molecule has 0 aliphatic carbocycles. The van der Waals surface area contributed by atoms with Gasteiger partial charge in [0.1, 0.15) is 5.82 Å². The van der Waals surface area contributed by atoms with Crippen LogP contribution in [0.5, 0.6) is 0 Å². The van der Waals surface area contributed by atoms with Crippen molar-refractivity contribution < 1.29 is 0 Å². The number of hydrogen-bond donors (Lipinski definition) is 1. The first-order chi connectivity index (χ1) is 9.28. The molecule has 0 amide bonds. The van der Waals surface area contributed by atoms with Crippen molar-refractivity contribution in [3.8, 4) is 0 Å². The topological polar surface area (TPSA) is 28.2 Å². The average molecular weight is 277 g/mol. The third-order valence-corrected chi connectivity index (χ3v) is 3.75. The van der Waals surface area contributed by atoms with Gasteiger partial charge in [0.15, 0.2) is 0 Å². The molecule has 0 radical (unpaired) electrons. The van der Waals surface area contributed by atoms with E-state index in [0.29, 0.717) is 6.04 Å². The molecule has 20 heavy (non-hydrogen) atoms. The lowest BCUT2D eigenvalue weighted by Crippen LogP contribution is -2.35. The quantitative estimate of drug-likeness (QED) is 0.854. The Kier molecular flexibility index (Phi) is 6.00. The number of anilines is 1. The Bertz CT molecular complexity index is 417. The molecule has 0 aliphatic heterocycles. The van der Waals surface area contributed by atoms with Gasteiger partial charge in [-0.1, -0.05) is 13.8 Å². The lowest BCUT2D eigenvalue weighted by Gasteiger charge is -2.29. The summed E-state index contributed by atoms with van der Waals surface area (Å²) in [6, 6.07) is 2.82. The van der Waals surface area contributed by atoms with Crippen LogP contribution in [0.1, 0.15) is 58.6 Å². The van der Waals surface area contributed by atoms with Gasteiger partial charge in [-0.3, -0.25) is 0 Å². The summed E-state index contributed by atoms with van der Waals surface area (Å²) in [6.07, 6.45) is 4.31. The number of nitrogens with one attached hydrogen (secondary N) is 1. The summed E-state index contributed by atoms with van der Waals surface area (Å²) in [6.45, 7) is 14.0. The molecule has 1 aromatic rings. The lowest BCUT2D eigenvalue weighted by atomic mass is 10.1. The molecule has 1 heterocycles. The van der Waals surface area contributed by atoms with E-state index in [0.717, 1.165) is 25.2 Å². The maximum atomic E-state index is 4.68. The standard InChI is InChI=1S/C17H31N3/c1-8-15(9-2)20(7)16-13(3)10-14(11-18-16)12-19-17(4,5)6/h10-11,15,19H,8-9,12H2,1-7H3. The number of rotatable bonds is 6. The molecule has 0 bridgehead atoms. The normalized spacial score (nSPS) is 12.0. The van der Waals surface area contributed by atoms with Crippen molar-refractivity contribution in [1.29, 1.82) is 0 Å². The molecule has 114 valence electrons. The fourth-order valence-corrected chi connectivity index (χ4v) is 2.47. The van der Waals surface area contributed by atoms with Crippen molar-refractivity contribution in [1.82, 2.24) is 10.3 Å². The highest BCUT2D eigenvalue weighted by molar-refractivity contribution is 5.47. The molecule has 1 aromatic heterocycles. The van der Waals surface area contributed by atoms with Gasteiger partial charge in [-0.05, 0) is 57.7 Å². The molecule has 3 nitrogen and oxygen atoms in total. The predicted molar refractivity (Wildman–Crippen MR) is 88.3 cm³/mol. The van der Waals surface area contributed by atoms with Crippen LogP contribution < -0.4 is 10.2 Å². The summed E-state index contributed by atoms with van der Waals surface area (Å²) >= 11 is 0. The van der Waals surface area contributed by atoms with Crippen molar-refractivity contribution in [2.45, 2.75) is 72.5 Å². The van der Waals surface area contributed by atoms with Crippen LogP contribution in [-0.4, -0.2) is 23.6 Å². The molecule has 0 unspecified atom stereocenters. The minimum atomic E-state index is 0.138. The van der Waals surface area contributed by atoms with Crippen LogP contribution >= 0.6 is 0 Å². The summed E-state index contributed by atoms with van der Waals surface area (Å²) in [7, 11) is 2.15. The Labute approximate surface area is 124 Å². The zero-order valence-electron chi connectivity index (χ0n) is 14.2. The first-order valence-electron chi connectivity index (χ1n) is 7.71. The van der Waals surface area contributed by atoms with Crippen molar-refractivity contribution >= 4 is 5.82 Å².